The molecular formula is C63H47N. The Hall–Kier alpha value is -7.48. The van der Waals surface area contributed by atoms with E-state index in [1.807, 2.05) is 0 Å². The highest BCUT2D eigenvalue weighted by atomic mass is 15.1. The third-order valence-electron chi connectivity index (χ3n) is 15.3. The average molecular weight is 818 g/mol. The van der Waals surface area contributed by atoms with Gasteiger partial charge in [-0.05, 0) is 136 Å². The minimum atomic E-state index is -0.529. The Labute approximate surface area is 375 Å². The van der Waals surface area contributed by atoms with Crippen molar-refractivity contribution in [2.45, 2.75) is 43.9 Å². The first-order valence-electron chi connectivity index (χ1n) is 22.8. The Kier molecular flexibility index (Phi) is 7.69. The molecule has 0 radical (unpaired) electrons. The van der Waals surface area contributed by atoms with Gasteiger partial charge in [0, 0.05) is 27.9 Å². The Balaban J connectivity index is 1.11. The number of nitrogens with zero attached hydrogens (tertiary/aromatic N) is 1. The maximum absolute atomic E-state index is 2.52. The lowest BCUT2D eigenvalue weighted by atomic mass is 9.66. The van der Waals surface area contributed by atoms with Crippen LogP contribution < -0.4 is 4.90 Å². The summed E-state index contributed by atoms with van der Waals surface area (Å²) in [5.41, 5.74) is 21.4. The Morgan fingerprint density at radius 2 is 0.719 bits per heavy atom. The van der Waals surface area contributed by atoms with E-state index in [2.05, 4.69) is 245 Å². The van der Waals surface area contributed by atoms with Crippen LogP contribution in [0.1, 0.15) is 72.2 Å². The van der Waals surface area contributed by atoms with Crippen LogP contribution in [0, 0.1) is 0 Å². The fourth-order valence-electron chi connectivity index (χ4n) is 12.4. The van der Waals surface area contributed by atoms with Gasteiger partial charge < -0.3 is 4.90 Å². The number of rotatable bonds is 5. The van der Waals surface area contributed by atoms with Gasteiger partial charge in [-0.3, -0.25) is 0 Å². The van der Waals surface area contributed by atoms with Crippen LogP contribution in [-0.2, 0) is 16.2 Å². The molecule has 64 heavy (non-hydrogen) atoms. The summed E-state index contributed by atoms with van der Waals surface area (Å²) in [7, 11) is 0. The van der Waals surface area contributed by atoms with Crippen LogP contribution in [-0.4, -0.2) is 0 Å². The molecule has 0 heterocycles. The summed E-state index contributed by atoms with van der Waals surface area (Å²) in [6, 6.07) is 80.3. The standard InChI is InChI=1S/C63H47N/c1-61(2)54-28-16-13-24-46(54)48-34-31-43(38-57(48)61)64(44-32-35-49-47-25-14-17-29-55(47)62(3,4)58(49)39-44)42-33-36-51-53(37-42)45-23-11-12-26-50(45)59-52-27-15-18-30-56(52)63(60(51)59,40-19-7-5-8-20-40)41-21-9-6-10-22-41/h5-39H,1-4H3. The smallest absolute Gasteiger partial charge is 0.0719 e. The molecule has 1 nitrogen and oxygen atoms in total. The molecule has 304 valence electrons. The highest BCUT2D eigenvalue weighted by Crippen LogP contribution is 2.61. The SMILES string of the molecule is CC1(C)c2ccccc2-c2ccc(N(c3ccc4c(c3)C(C)(C)c3ccccc3-4)c3ccc4c5c(c6ccccc6c4c3)-c3ccccc3C5(c3ccccc3)c3ccccc3)cc21. The average Bonchev–Trinajstić information content (AvgIpc) is 3.87. The molecule has 0 atom stereocenters. The van der Waals surface area contributed by atoms with Crippen LogP contribution in [0.4, 0.5) is 17.1 Å². The van der Waals surface area contributed by atoms with E-state index in [1.165, 1.54) is 99.4 Å². The second-order valence-corrected chi connectivity index (χ2v) is 19.2. The predicted molar refractivity (Wildman–Crippen MR) is 269 cm³/mol. The molecule has 0 aromatic heterocycles. The van der Waals surface area contributed by atoms with Crippen molar-refractivity contribution in [2.75, 3.05) is 4.90 Å². The van der Waals surface area contributed by atoms with Crippen molar-refractivity contribution in [3.8, 4) is 33.4 Å². The van der Waals surface area contributed by atoms with E-state index in [9.17, 15) is 0 Å². The largest absolute Gasteiger partial charge is 0.310 e. The van der Waals surface area contributed by atoms with Crippen LogP contribution in [0.15, 0.2) is 212 Å². The van der Waals surface area contributed by atoms with E-state index in [4.69, 9.17) is 0 Å². The highest BCUT2D eigenvalue weighted by molar-refractivity contribution is 6.20. The van der Waals surface area contributed by atoms with Gasteiger partial charge in [0.05, 0.1) is 5.41 Å². The van der Waals surface area contributed by atoms with Crippen molar-refractivity contribution >= 4 is 38.6 Å². The minimum absolute atomic E-state index is 0.136. The molecule has 0 amide bonds. The zero-order valence-electron chi connectivity index (χ0n) is 36.7. The molecule has 10 aromatic carbocycles. The third kappa shape index (κ3) is 4.85. The van der Waals surface area contributed by atoms with E-state index >= 15 is 0 Å². The molecule has 3 aliphatic carbocycles. The number of hydrogen-bond acceptors (Lipinski definition) is 1. The molecule has 0 unspecified atom stereocenters. The van der Waals surface area contributed by atoms with Gasteiger partial charge in [-0.25, -0.2) is 0 Å². The van der Waals surface area contributed by atoms with Gasteiger partial charge in [0.1, 0.15) is 0 Å². The van der Waals surface area contributed by atoms with Gasteiger partial charge in [-0.15, -0.1) is 0 Å². The molecule has 0 aliphatic heterocycles. The molecule has 0 saturated carbocycles. The van der Waals surface area contributed by atoms with Gasteiger partial charge in [-0.1, -0.05) is 204 Å². The summed E-state index contributed by atoms with van der Waals surface area (Å²) in [6.45, 7) is 9.53. The topological polar surface area (TPSA) is 3.24 Å². The molecule has 0 spiro atoms. The molecule has 0 N–H and O–H groups in total. The summed E-state index contributed by atoms with van der Waals surface area (Å²) in [5.74, 6) is 0. The van der Waals surface area contributed by atoms with Gasteiger partial charge in [-0.2, -0.15) is 0 Å². The van der Waals surface area contributed by atoms with Crippen molar-refractivity contribution in [2.24, 2.45) is 0 Å². The zero-order chi connectivity index (χ0) is 43.0. The summed E-state index contributed by atoms with van der Waals surface area (Å²) in [4.78, 5) is 2.52. The Bertz CT molecular complexity index is 3410. The van der Waals surface area contributed by atoms with Gasteiger partial charge >= 0.3 is 0 Å². The van der Waals surface area contributed by atoms with Crippen LogP contribution in [0.2, 0.25) is 0 Å². The molecular weight excluding hydrogens is 771 g/mol. The van der Waals surface area contributed by atoms with E-state index in [0.29, 0.717) is 0 Å². The number of benzene rings is 10. The molecule has 0 saturated heterocycles. The van der Waals surface area contributed by atoms with E-state index < -0.39 is 5.41 Å². The lowest BCUT2D eigenvalue weighted by molar-refractivity contribution is 0.660. The van der Waals surface area contributed by atoms with Gasteiger partial charge in [0.15, 0.2) is 0 Å². The number of anilines is 3. The van der Waals surface area contributed by atoms with Crippen molar-refractivity contribution in [3.05, 3.63) is 257 Å². The monoisotopic (exact) mass is 817 g/mol. The van der Waals surface area contributed by atoms with Crippen LogP contribution in [0.3, 0.4) is 0 Å². The summed E-state index contributed by atoms with van der Waals surface area (Å²) in [6.07, 6.45) is 0. The predicted octanol–water partition coefficient (Wildman–Crippen LogP) is 16.4. The van der Waals surface area contributed by atoms with Crippen LogP contribution in [0.25, 0.3) is 54.9 Å². The fraction of sp³-hybridized carbons (Fsp3) is 0.111. The second-order valence-electron chi connectivity index (χ2n) is 19.2. The van der Waals surface area contributed by atoms with Crippen LogP contribution in [0.5, 0.6) is 0 Å². The maximum Gasteiger partial charge on any atom is 0.0719 e. The first kappa shape index (κ1) is 37.1. The normalized spacial score (nSPS) is 15.2. The molecule has 0 bridgehead atoms. The van der Waals surface area contributed by atoms with E-state index in [-0.39, 0.29) is 10.8 Å². The van der Waals surface area contributed by atoms with Crippen molar-refractivity contribution < 1.29 is 0 Å². The first-order valence-corrected chi connectivity index (χ1v) is 22.8. The first-order chi connectivity index (χ1) is 31.3. The van der Waals surface area contributed by atoms with Crippen molar-refractivity contribution in [1.29, 1.82) is 0 Å². The van der Waals surface area contributed by atoms with E-state index in [1.54, 1.807) is 0 Å². The molecule has 3 aliphatic rings. The quantitative estimate of drug-likeness (QED) is 0.156. The minimum Gasteiger partial charge on any atom is -0.310 e. The summed E-state index contributed by atoms with van der Waals surface area (Å²) < 4.78 is 0. The molecule has 1 heteroatoms. The van der Waals surface area contributed by atoms with Gasteiger partial charge in [0.25, 0.3) is 0 Å². The third-order valence-corrected chi connectivity index (χ3v) is 15.3. The Morgan fingerprint density at radius 1 is 0.297 bits per heavy atom. The number of hydrogen-bond donors (Lipinski definition) is 0. The maximum atomic E-state index is 2.52. The highest BCUT2D eigenvalue weighted by Gasteiger charge is 2.48. The molecule has 13 rings (SSSR count). The number of fused-ring (bicyclic) bond motifs is 14. The van der Waals surface area contributed by atoms with Crippen molar-refractivity contribution in [1.82, 2.24) is 0 Å². The summed E-state index contributed by atoms with van der Waals surface area (Å²) >= 11 is 0. The van der Waals surface area contributed by atoms with Crippen LogP contribution >= 0.6 is 0 Å². The zero-order valence-corrected chi connectivity index (χ0v) is 36.7. The lowest BCUT2D eigenvalue weighted by Crippen LogP contribution is -2.28. The fourth-order valence-corrected chi connectivity index (χ4v) is 12.4. The second kappa shape index (κ2) is 13.3. The molecule has 0 fully saturated rings. The van der Waals surface area contributed by atoms with Crippen molar-refractivity contribution in [3.63, 3.8) is 0 Å². The summed E-state index contributed by atoms with van der Waals surface area (Å²) in [5, 5.41) is 5.07. The van der Waals surface area contributed by atoms with Gasteiger partial charge in [0.2, 0.25) is 0 Å². The lowest BCUT2D eigenvalue weighted by Gasteiger charge is -2.35. The Morgan fingerprint density at radius 3 is 1.28 bits per heavy atom. The molecule has 10 aromatic rings. The van der Waals surface area contributed by atoms with E-state index in [0.717, 1.165) is 17.1 Å².